The van der Waals surface area contributed by atoms with E-state index in [1.807, 2.05) is 0 Å². The number of hydrogen-bond donors (Lipinski definition) is 0. The second kappa shape index (κ2) is 6.30. The highest BCUT2D eigenvalue weighted by Crippen LogP contribution is 2.43. The van der Waals surface area contributed by atoms with E-state index in [-0.39, 0.29) is 18.3 Å². The van der Waals surface area contributed by atoms with Crippen LogP contribution in [-0.2, 0) is 9.31 Å². The van der Waals surface area contributed by atoms with Crippen LogP contribution < -0.4 is 5.46 Å². The molecule has 0 spiro atoms. The molecule has 3 aliphatic rings. The number of rotatable bonds is 4. The van der Waals surface area contributed by atoms with Crippen LogP contribution in [0.4, 0.5) is 0 Å². The molecule has 0 radical (unpaired) electrons. The van der Waals surface area contributed by atoms with Gasteiger partial charge < -0.3 is 9.31 Å². The predicted octanol–water partition coefficient (Wildman–Crippen LogP) is 3.97. The minimum atomic E-state index is -0.293. The van der Waals surface area contributed by atoms with Gasteiger partial charge in [-0.3, -0.25) is 4.48 Å². The highest BCUT2D eigenvalue weighted by molar-refractivity contribution is 6.62. The molecule has 1 unspecified atom stereocenters. The van der Waals surface area contributed by atoms with Gasteiger partial charge >= 0.3 is 7.12 Å². The van der Waals surface area contributed by atoms with Gasteiger partial charge in [0, 0.05) is 12.8 Å². The zero-order valence-corrected chi connectivity index (χ0v) is 17.5. The molecule has 4 nitrogen and oxygen atoms in total. The lowest BCUT2D eigenvalue weighted by Crippen LogP contribution is -2.51. The maximum Gasteiger partial charge on any atom is 0.494 e. The van der Waals surface area contributed by atoms with Crippen molar-refractivity contribution in [1.29, 1.82) is 0 Å². The standard InChI is InChI=1S/C22H32BN2O2/c1-7-19-14-25(6,15-24-19)20-12-17(13-20)16-8-10-18(11-9-16)23-26-21(2,3)22(4,5)27-23/h8-11,14-15,17,20H,7,12-13H2,1-6H3/q+1. The number of benzene rings is 1. The van der Waals surface area contributed by atoms with E-state index in [4.69, 9.17) is 9.31 Å². The first-order chi connectivity index (χ1) is 12.6. The number of aliphatic imine (C=N–C) groups is 1. The molecule has 1 saturated heterocycles. The Bertz CT molecular complexity index is 762. The Kier molecular flexibility index (Phi) is 4.41. The lowest BCUT2D eigenvalue weighted by Gasteiger charge is -2.43. The third-order valence-electron chi connectivity index (χ3n) is 7.10. The van der Waals surface area contributed by atoms with Crippen molar-refractivity contribution in [2.45, 2.75) is 77.0 Å². The van der Waals surface area contributed by atoms with Gasteiger partial charge in [0.05, 0.1) is 30.0 Å². The zero-order valence-electron chi connectivity index (χ0n) is 17.5. The topological polar surface area (TPSA) is 30.8 Å². The van der Waals surface area contributed by atoms with Crippen molar-refractivity contribution in [3.8, 4) is 0 Å². The normalized spacial score (nSPS) is 33.9. The first-order valence-electron chi connectivity index (χ1n) is 10.2. The van der Waals surface area contributed by atoms with E-state index >= 15 is 0 Å². The molecule has 0 amide bonds. The summed E-state index contributed by atoms with van der Waals surface area (Å²) in [5.74, 6) is 0.643. The average molecular weight is 367 g/mol. The second-order valence-corrected chi connectivity index (χ2v) is 9.52. The van der Waals surface area contributed by atoms with Crippen LogP contribution in [0.25, 0.3) is 0 Å². The molecule has 4 rings (SSSR count). The van der Waals surface area contributed by atoms with Crippen LogP contribution in [0.5, 0.6) is 0 Å². The van der Waals surface area contributed by atoms with Gasteiger partial charge in [-0.05, 0) is 51.1 Å². The highest BCUT2D eigenvalue weighted by atomic mass is 16.7. The molecule has 2 heterocycles. The second-order valence-electron chi connectivity index (χ2n) is 9.52. The fourth-order valence-electron chi connectivity index (χ4n) is 4.19. The largest absolute Gasteiger partial charge is 0.494 e. The van der Waals surface area contributed by atoms with Crippen LogP contribution in [0.3, 0.4) is 0 Å². The maximum atomic E-state index is 6.16. The molecule has 27 heavy (non-hydrogen) atoms. The molecule has 144 valence electrons. The third kappa shape index (κ3) is 3.20. The Labute approximate surface area is 164 Å². The summed E-state index contributed by atoms with van der Waals surface area (Å²) < 4.78 is 13.2. The van der Waals surface area contributed by atoms with Crippen LogP contribution in [0.1, 0.15) is 65.4 Å². The number of allylic oxidation sites excluding steroid dienone is 1. The zero-order chi connectivity index (χ0) is 19.4. The van der Waals surface area contributed by atoms with Crippen molar-refractivity contribution in [2.24, 2.45) is 4.99 Å². The quantitative estimate of drug-likeness (QED) is 0.596. The molecule has 2 aliphatic heterocycles. The molecule has 1 aromatic rings. The van der Waals surface area contributed by atoms with E-state index in [0.717, 1.165) is 16.4 Å². The van der Waals surface area contributed by atoms with E-state index in [1.54, 1.807) is 0 Å². The van der Waals surface area contributed by atoms with Gasteiger partial charge in [0.15, 0.2) is 6.34 Å². The van der Waals surface area contributed by atoms with E-state index in [1.165, 1.54) is 24.1 Å². The summed E-state index contributed by atoms with van der Waals surface area (Å²) in [4.78, 5) is 4.57. The van der Waals surface area contributed by atoms with Crippen molar-refractivity contribution in [2.75, 3.05) is 7.05 Å². The van der Waals surface area contributed by atoms with Gasteiger partial charge in [0.1, 0.15) is 6.20 Å². The summed E-state index contributed by atoms with van der Waals surface area (Å²) in [6.07, 6.45) is 7.88. The maximum absolute atomic E-state index is 6.16. The molecule has 0 aromatic heterocycles. The van der Waals surface area contributed by atoms with Crippen LogP contribution >= 0.6 is 0 Å². The minimum absolute atomic E-state index is 0.277. The van der Waals surface area contributed by atoms with E-state index in [2.05, 4.69) is 83.5 Å². The van der Waals surface area contributed by atoms with E-state index in [9.17, 15) is 0 Å². The van der Waals surface area contributed by atoms with Gasteiger partial charge in [-0.25, -0.2) is 4.99 Å². The third-order valence-corrected chi connectivity index (χ3v) is 7.10. The van der Waals surface area contributed by atoms with Crippen LogP contribution in [0, 0.1) is 0 Å². The van der Waals surface area contributed by atoms with Gasteiger partial charge in [-0.15, -0.1) is 0 Å². The molecule has 0 bridgehead atoms. The van der Waals surface area contributed by atoms with E-state index < -0.39 is 0 Å². The summed E-state index contributed by atoms with van der Waals surface area (Å²) in [7, 11) is 2.00. The summed E-state index contributed by atoms with van der Waals surface area (Å²) in [6, 6.07) is 9.51. The van der Waals surface area contributed by atoms with Gasteiger partial charge in [-0.2, -0.15) is 0 Å². The van der Waals surface area contributed by atoms with Crippen LogP contribution in [0.15, 0.2) is 41.2 Å². The summed E-state index contributed by atoms with van der Waals surface area (Å²) >= 11 is 0. The Balaban J connectivity index is 1.39. The molecular weight excluding hydrogens is 335 g/mol. The van der Waals surface area contributed by atoms with Gasteiger partial charge in [0.25, 0.3) is 0 Å². The molecule has 5 heteroatoms. The number of hydrogen-bond acceptors (Lipinski definition) is 3. The first kappa shape index (κ1) is 18.9. The molecular formula is C22H32BN2O2+. The van der Waals surface area contributed by atoms with Crippen LogP contribution in [-0.4, -0.2) is 42.2 Å². The van der Waals surface area contributed by atoms with Gasteiger partial charge in [0.2, 0.25) is 0 Å². The molecule has 1 atom stereocenters. The van der Waals surface area contributed by atoms with Gasteiger partial charge in [-0.1, -0.05) is 31.2 Å². The molecule has 1 aliphatic carbocycles. The van der Waals surface area contributed by atoms with Crippen molar-refractivity contribution >= 4 is 18.9 Å². The lowest BCUT2D eigenvalue weighted by atomic mass is 9.72. The van der Waals surface area contributed by atoms with Crippen molar-refractivity contribution in [1.82, 2.24) is 0 Å². The molecule has 1 saturated carbocycles. The smallest absolute Gasteiger partial charge is 0.399 e. The SMILES string of the molecule is CCC1=C[N+](C)(C2CC(c3ccc(B4OC(C)(C)C(C)(C)O4)cc3)C2)C=N1. The lowest BCUT2D eigenvalue weighted by molar-refractivity contribution is -0.795. The Morgan fingerprint density at radius 1 is 1.07 bits per heavy atom. The highest BCUT2D eigenvalue weighted by Gasteiger charge is 2.51. The van der Waals surface area contributed by atoms with Crippen molar-refractivity contribution in [3.63, 3.8) is 0 Å². The summed E-state index contributed by atoms with van der Waals surface area (Å²) in [5.41, 5.74) is 3.16. The average Bonchev–Trinajstić information content (AvgIpc) is 3.04. The molecule has 2 fully saturated rings. The summed E-state index contributed by atoms with van der Waals surface area (Å²) in [6.45, 7) is 10.6. The Morgan fingerprint density at radius 3 is 2.19 bits per heavy atom. The monoisotopic (exact) mass is 367 g/mol. The number of quaternary nitrogens is 1. The first-order valence-corrected chi connectivity index (χ1v) is 10.2. The minimum Gasteiger partial charge on any atom is -0.399 e. The van der Waals surface area contributed by atoms with Crippen molar-refractivity contribution in [3.05, 3.63) is 41.7 Å². The molecule has 0 N–H and O–H groups in total. The fourth-order valence-corrected chi connectivity index (χ4v) is 4.19. The molecule has 1 aromatic carbocycles. The predicted molar refractivity (Wildman–Crippen MR) is 111 cm³/mol. The van der Waals surface area contributed by atoms with E-state index in [0.29, 0.717) is 12.0 Å². The number of nitrogens with zero attached hydrogens (tertiary/aromatic N) is 2. The Hall–Kier alpha value is -1.43. The summed E-state index contributed by atoms with van der Waals surface area (Å²) in [5, 5.41) is 0. The Morgan fingerprint density at radius 2 is 1.67 bits per heavy atom. The fraction of sp³-hybridized carbons (Fsp3) is 0.591. The van der Waals surface area contributed by atoms with Crippen LogP contribution in [0.2, 0.25) is 0 Å². The van der Waals surface area contributed by atoms with Crippen molar-refractivity contribution < 1.29 is 13.8 Å².